The average molecular weight is 286 g/mol. The maximum absolute atomic E-state index is 12.4. The first-order valence-electron chi connectivity index (χ1n) is 6.85. The molecule has 0 fully saturated rings. The molecule has 0 atom stereocenters. The Balaban J connectivity index is 3.06. The fourth-order valence-corrected chi connectivity index (χ4v) is 2.13. The van der Waals surface area contributed by atoms with Crippen LogP contribution in [0, 0.1) is 5.92 Å². The predicted octanol–water partition coefficient (Wildman–Crippen LogP) is 2.74. The summed E-state index contributed by atoms with van der Waals surface area (Å²) in [6.07, 6.45) is 4.31. The zero-order valence-corrected chi connectivity index (χ0v) is 13.0. The van der Waals surface area contributed by atoms with Crippen LogP contribution in [0.25, 0.3) is 0 Å². The van der Waals surface area contributed by atoms with Crippen molar-refractivity contribution in [3.05, 3.63) is 22.7 Å². The highest BCUT2D eigenvalue weighted by Crippen LogP contribution is 2.10. The largest absolute Gasteiger partial charge is 0.350 e. The van der Waals surface area contributed by atoms with Gasteiger partial charge in [0.15, 0.2) is 5.82 Å². The number of halogens is 1. The van der Waals surface area contributed by atoms with Gasteiger partial charge >= 0.3 is 0 Å². The third kappa shape index (κ3) is 4.53. The second-order valence-electron chi connectivity index (χ2n) is 5.43. The molecule has 0 aromatic carbocycles. The Bertz CT molecular complexity index is 443. The molecule has 108 valence electrons. The summed E-state index contributed by atoms with van der Waals surface area (Å²) in [7, 11) is 0. The molecule has 0 saturated carbocycles. The molecule has 1 aromatic rings. The zero-order valence-electron chi connectivity index (χ0n) is 12.3. The van der Waals surface area contributed by atoms with E-state index in [0.29, 0.717) is 17.6 Å². The van der Waals surface area contributed by atoms with Gasteiger partial charge in [0.1, 0.15) is 0 Å². The van der Waals surface area contributed by atoms with Crippen molar-refractivity contribution in [2.45, 2.75) is 46.7 Å². The van der Waals surface area contributed by atoms with Crippen LogP contribution in [0.4, 0.5) is 5.82 Å². The lowest BCUT2D eigenvalue weighted by molar-refractivity contribution is 0.506. The summed E-state index contributed by atoms with van der Waals surface area (Å²) in [5, 5.41) is 0. The number of nitrogens with zero attached hydrogens (tertiary/aromatic N) is 3. The van der Waals surface area contributed by atoms with E-state index in [9.17, 15) is 4.79 Å². The fraction of sp³-hybridized carbons (Fsp3) is 0.714. The second-order valence-corrected chi connectivity index (χ2v) is 5.81. The molecular formula is C14H24ClN3O. The van der Waals surface area contributed by atoms with Crippen LogP contribution in [0.15, 0.2) is 17.2 Å². The van der Waals surface area contributed by atoms with Gasteiger partial charge in [-0.2, -0.15) is 0 Å². The molecule has 1 rings (SSSR count). The molecule has 5 heteroatoms. The van der Waals surface area contributed by atoms with Gasteiger partial charge in [0, 0.05) is 37.4 Å². The lowest BCUT2D eigenvalue weighted by Crippen LogP contribution is -2.39. The molecule has 0 radical (unpaired) electrons. The molecule has 0 unspecified atom stereocenters. The maximum atomic E-state index is 12.4. The minimum Gasteiger partial charge on any atom is -0.350 e. The molecule has 0 spiro atoms. The number of anilines is 1. The minimum absolute atomic E-state index is 0.0144. The number of aromatic nitrogens is 2. The van der Waals surface area contributed by atoms with Gasteiger partial charge in [0.2, 0.25) is 0 Å². The summed E-state index contributed by atoms with van der Waals surface area (Å²) in [5.74, 6) is 1.56. The van der Waals surface area contributed by atoms with Crippen LogP contribution in [-0.2, 0) is 6.54 Å². The molecule has 0 aliphatic carbocycles. The predicted molar refractivity (Wildman–Crippen MR) is 81.2 cm³/mol. The van der Waals surface area contributed by atoms with E-state index in [1.165, 1.54) is 0 Å². The summed E-state index contributed by atoms with van der Waals surface area (Å²) in [6, 6.07) is 0.235. The van der Waals surface area contributed by atoms with Crippen LogP contribution in [-0.4, -0.2) is 28.0 Å². The number of hydrogen-bond donors (Lipinski definition) is 0. The Kier molecular flexibility index (Phi) is 6.35. The summed E-state index contributed by atoms with van der Waals surface area (Å²) < 4.78 is 1.74. The second kappa shape index (κ2) is 7.53. The first-order chi connectivity index (χ1) is 8.97. The van der Waals surface area contributed by atoms with Crippen LogP contribution < -0.4 is 10.5 Å². The topological polar surface area (TPSA) is 38.1 Å². The van der Waals surface area contributed by atoms with E-state index < -0.39 is 0 Å². The van der Waals surface area contributed by atoms with E-state index in [0.717, 1.165) is 19.5 Å². The van der Waals surface area contributed by atoms with Crippen LogP contribution >= 0.6 is 11.6 Å². The number of hydrogen-bond acceptors (Lipinski definition) is 3. The molecule has 0 aliphatic rings. The fourth-order valence-electron chi connectivity index (χ4n) is 2.01. The molecule has 0 amide bonds. The van der Waals surface area contributed by atoms with E-state index in [2.05, 4.69) is 32.7 Å². The highest BCUT2D eigenvalue weighted by molar-refractivity contribution is 6.17. The third-order valence-electron chi connectivity index (χ3n) is 2.89. The summed E-state index contributed by atoms with van der Waals surface area (Å²) in [6.45, 7) is 9.80. The standard InChI is InChI=1S/C14H24ClN3O/c1-11(2)10-17-9-7-16-13(14(17)19)18(12(3)4)8-5-6-15/h7,9,11-12H,5-6,8,10H2,1-4H3. The first kappa shape index (κ1) is 16.0. The van der Waals surface area contributed by atoms with E-state index in [1.807, 2.05) is 4.90 Å². The summed E-state index contributed by atoms with van der Waals surface area (Å²) in [4.78, 5) is 18.7. The SMILES string of the molecule is CC(C)Cn1ccnc(N(CCCCl)C(C)C)c1=O. The molecule has 0 aliphatic heterocycles. The summed E-state index contributed by atoms with van der Waals surface area (Å²) in [5.41, 5.74) is -0.0144. The molecule has 1 aromatic heterocycles. The lowest BCUT2D eigenvalue weighted by atomic mass is 10.2. The van der Waals surface area contributed by atoms with Gasteiger partial charge in [-0.15, -0.1) is 11.6 Å². The minimum atomic E-state index is -0.0144. The van der Waals surface area contributed by atoms with Gasteiger partial charge in [-0.25, -0.2) is 4.98 Å². The Hall–Kier alpha value is -1.03. The normalized spacial score (nSPS) is 11.3. The Morgan fingerprint density at radius 3 is 2.58 bits per heavy atom. The van der Waals surface area contributed by atoms with Crippen molar-refractivity contribution < 1.29 is 0 Å². The molecule has 0 bridgehead atoms. The Morgan fingerprint density at radius 1 is 1.37 bits per heavy atom. The van der Waals surface area contributed by atoms with Gasteiger partial charge in [0.05, 0.1) is 0 Å². The van der Waals surface area contributed by atoms with Gasteiger partial charge in [-0.05, 0) is 26.2 Å². The van der Waals surface area contributed by atoms with Crippen LogP contribution in [0.3, 0.4) is 0 Å². The van der Waals surface area contributed by atoms with Crippen molar-refractivity contribution in [1.29, 1.82) is 0 Å². The van der Waals surface area contributed by atoms with Crippen molar-refractivity contribution in [2.24, 2.45) is 5.92 Å². The zero-order chi connectivity index (χ0) is 14.4. The quantitative estimate of drug-likeness (QED) is 0.723. The van der Waals surface area contributed by atoms with Crippen molar-refractivity contribution in [3.8, 4) is 0 Å². The van der Waals surface area contributed by atoms with E-state index in [1.54, 1.807) is 17.0 Å². The van der Waals surface area contributed by atoms with Gasteiger partial charge in [-0.3, -0.25) is 4.79 Å². The third-order valence-corrected chi connectivity index (χ3v) is 3.15. The number of alkyl halides is 1. The van der Waals surface area contributed by atoms with Crippen LogP contribution in [0.1, 0.15) is 34.1 Å². The Labute approximate surface area is 120 Å². The molecule has 0 saturated heterocycles. The van der Waals surface area contributed by atoms with Crippen molar-refractivity contribution in [2.75, 3.05) is 17.3 Å². The first-order valence-corrected chi connectivity index (χ1v) is 7.38. The molecule has 0 N–H and O–H groups in total. The lowest BCUT2D eigenvalue weighted by Gasteiger charge is -2.27. The Morgan fingerprint density at radius 2 is 2.05 bits per heavy atom. The molecule has 1 heterocycles. The molecule has 4 nitrogen and oxygen atoms in total. The van der Waals surface area contributed by atoms with Crippen molar-refractivity contribution in [3.63, 3.8) is 0 Å². The highest BCUT2D eigenvalue weighted by Gasteiger charge is 2.16. The molecular weight excluding hydrogens is 262 g/mol. The van der Waals surface area contributed by atoms with Crippen molar-refractivity contribution in [1.82, 2.24) is 9.55 Å². The van der Waals surface area contributed by atoms with Gasteiger partial charge in [-0.1, -0.05) is 13.8 Å². The van der Waals surface area contributed by atoms with Crippen LogP contribution in [0.2, 0.25) is 0 Å². The van der Waals surface area contributed by atoms with E-state index in [4.69, 9.17) is 11.6 Å². The summed E-state index contributed by atoms with van der Waals surface area (Å²) >= 11 is 5.75. The highest BCUT2D eigenvalue weighted by atomic mass is 35.5. The monoisotopic (exact) mass is 285 g/mol. The molecule has 19 heavy (non-hydrogen) atoms. The smallest absolute Gasteiger partial charge is 0.293 e. The van der Waals surface area contributed by atoms with Gasteiger partial charge in [0.25, 0.3) is 5.56 Å². The average Bonchev–Trinajstić information content (AvgIpc) is 2.33. The van der Waals surface area contributed by atoms with E-state index in [-0.39, 0.29) is 11.6 Å². The maximum Gasteiger partial charge on any atom is 0.293 e. The van der Waals surface area contributed by atoms with Crippen molar-refractivity contribution >= 4 is 17.4 Å². The van der Waals surface area contributed by atoms with Gasteiger partial charge < -0.3 is 9.47 Å². The number of rotatable bonds is 7. The van der Waals surface area contributed by atoms with Crippen LogP contribution in [0.5, 0.6) is 0 Å². The van der Waals surface area contributed by atoms with E-state index >= 15 is 0 Å².